The fourth-order valence-corrected chi connectivity index (χ4v) is 2.90. The van der Waals surface area contributed by atoms with Gasteiger partial charge in [0.25, 0.3) is 11.2 Å². The summed E-state index contributed by atoms with van der Waals surface area (Å²) in [6.07, 6.45) is 0. The highest BCUT2D eigenvalue weighted by Crippen LogP contribution is 2.22. The smallest absolute Gasteiger partial charge is 0.265 e. The monoisotopic (exact) mass is 302 g/mol. The van der Waals surface area contributed by atoms with E-state index in [-0.39, 0.29) is 11.2 Å². The molecule has 8 heteroatoms. The normalized spacial score (nSPS) is 11.0. The van der Waals surface area contributed by atoms with Crippen molar-refractivity contribution >= 4 is 27.2 Å². The van der Waals surface area contributed by atoms with E-state index >= 15 is 0 Å². The van der Waals surface area contributed by atoms with E-state index in [1.807, 2.05) is 6.92 Å². The van der Waals surface area contributed by atoms with Gasteiger partial charge in [-0.05, 0) is 26.0 Å². The first-order valence-electron chi connectivity index (χ1n) is 6.09. The first kappa shape index (κ1) is 13.4. The van der Waals surface area contributed by atoms with Crippen molar-refractivity contribution in [1.82, 2.24) is 14.8 Å². The lowest BCUT2D eigenvalue weighted by Gasteiger charge is -2.05. The second kappa shape index (κ2) is 4.74. The molecule has 3 aromatic rings. The van der Waals surface area contributed by atoms with Gasteiger partial charge in [-0.3, -0.25) is 14.9 Å². The van der Waals surface area contributed by atoms with Crippen molar-refractivity contribution in [2.24, 2.45) is 0 Å². The van der Waals surface area contributed by atoms with Crippen LogP contribution in [0.1, 0.15) is 10.7 Å². The summed E-state index contributed by atoms with van der Waals surface area (Å²) < 4.78 is 2.00. The molecule has 2 aromatic heterocycles. The highest BCUT2D eigenvalue weighted by Gasteiger charge is 2.14. The van der Waals surface area contributed by atoms with E-state index in [1.54, 1.807) is 6.92 Å². The van der Waals surface area contributed by atoms with Crippen LogP contribution in [0, 0.1) is 24.0 Å². The Morgan fingerprint density at radius 1 is 1.24 bits per heavy atom. The minimum absolute atomic E-state index is 0.0332. The summed E-state index contributed by atoms with van der Waals surface area (Å²) in [5.41, 5.74) is 1.20. The van der Waals surface area contributed by atoms with Gasteiger partial charge in [0.05, 0.1) is 26.0 Å². The number of nitro benzene ring substituents is 1. The van der Waals surface area contributed by atoms with Gasteiger partial charge in [0.1, 0.15) is 0 Å². The summed E-state index contributed by atoms with van der Waals surface area (Å²) in [5, 5.41) is 15.7. The lowest BCUT2D eigenvalue weighted by molar-refractivity contribution is -0.384. The molecular weight excluding hydrogens is 292 g/mol. The maximum atomic E-state index is 12.4. The van der Waals surface area contributed by atoms with Crippen molar-refractivity contribution in [1.29, 1.82) is 0 Å². The maximum absolute atomic E-state index is 12.4. The number of nitrogens with zero attached hydrogens (tertiary/aromatic N) is 4. The molecule has 0 fully saturated rings. The average molecular weight is 302 g/mol. The van der Waals surface area contributed by atoms with E-state index in [0.29, 0.717) is 16.9 Å². The quantitative estimate of drug-likeness (QED) is 0.535. The van der Waals surface area contributed by atoms with Gasteiger partial charge in [0.2, 0.25) is 0 Å². The second-order valence-corrected chi connectivity index (χ2v) is 5.69. The summed E-state index contributed by atoms with van der Waals surface area (Å²) in [5.74, 6) is 0. The molecule has 3 rings (SSSR count). The Labute approximate surface area is 122 Å². The van der Waals surface area contributed by atoms with E-state index in [2.05, 4.69) is 10.1 Å². The van der Waals surface area contributed by atoms with Crippen LogP contribution in [-0.2, 0) is 0 Å². The van der Waals surface area contributed by atoms with Gasteiger partial charge < -0.3 is 0 Å². The molecule has 0 atom stereocenters. The zero-order valence-electron chi connectivity index (χ0n) is 11.2. The Balaban J connectivity index is 2.22. The zero-order chi connectivity index (χ0) is 15.1. The molecule has 0 unspecified atom stereocenters. The Hall–Kier alpha value is -2.61. The molecule has 2 heterocycles. The van der Waals surface area contributed by atoms with Crippen molar-refractivity contribution in [2.45, 2.75) is 13.8 Å². The molecule has 0 radical (unpaired) electrons. The molecule has 7 nitrogen and oxygen atoms in total. The average Bonchev–Trinajstić information content (AvgIpc) is 2.86. The summed E-state index contributed by atoms with van der Waals surface area (Å²) >= 11 is 1.43. The fraction of sp³-hybridized carbons (Fsp3) is 0.154. The number of benzene rings is 1. The Bertz CT molecular complexity index is 912. The van der Waals surface area contributed by atoms with Crippen LogP contribution in [0.2, 0.25) is 0 Å². The number of rotatable bonds is 2. The molecular formula is C13H10N4O3S. The van der Waals surface area contributed by atoms with Crippen LogP contribution < -0.4 is 5.56 Å². The van der Waals surface area contributed by atoms with Crippen LogP contribution in [-0.4, -0.2) is 19.7 Å². The van der Waals surface area contributed by atoms with Crippen molar-refractivity contribution in [2.75, 3.05) is 0 Å². The third-order valence-electron chi connectivity index (χ3n) is 3.01. The van der Waals surface area contributed by atoms with E-state index in [1.165, 1.54) is 40.3 Å². The predicted octanol–water partition coefficient (Wildman–Crippen LogP) is 2.37. The molecule has 0 aliphatic carbocycles. The van der Waals surface area contributed by atoms with E-state index < -0.39 is 4.92 Å². The summed E-state index contributed by atoms with van der Waals surface area (Å²) in [7, 11) is 0. The highest BCUT2D eigenvalue weighted by molar-refractivity contribution is 7.18. The second-order valence-electron chi connectivity index (χ2n) is 4.49. The molecule has 21 heavy (non-hydrogen) atoms. The fourth-order valence-electron chi connectivity index (χ4n) is 2.05. The maximum Gasteiger partial charge on any atom is 0.298 e. The van der Waals surface area contributed by atoms with Gasteiger partial charge >= 0.3 is 0 Å². The standard InChI is InChI=1S/C13H10N4O3S/c1-7-12-11(14-8(2)21-12)13(18)16(15-7)9-3-5-10(6-4-9)17(19)20/h3-6H,1-2H3. The molecule has 0 amide bonds. The lowest BCUT2D eigenvalue weighted by atomic mass is 10.3. The minimum atomic E-state index is -0.488. The minimum Gasteiger partial charge on any atom is -0.265 e. The van der Waals surface area contributed by atoms with Crippen molar-refractivity contribution < 1.29 is 4.92 Å². The summed E-state index contributed by atoms with van der Waals surface area (Å²) in [4.78, 5) is 26.8. The van der Waals surface area contributed by atoms with Crippen LogP contribution in [0.15, 0.2) is 29.1 Å². The number of nitro groups is 1. The molecule has 0 saturated heterocycles. The van der Waals surface area contributed by atoms with E-state index in [0.717, 1.165) is 9.71 Å². The zero-order valence-corrected chi connectivity index (χ0v) is 12.0. The molecule has 0 saturated carbocycles. The SMILES string of the molecule is Cc1nc2c(=O)n(-c3ccc([N+](=O)[O-])cc3)nc(C)c2s1. The third-order valence-corrected chi connectivity index (χ3v) is 4.09. The van der Waals surface area contributed by atoms with E-state index in [9.17, 15) is 14.9 Å². The number of aryl methyl sites for hydroxylation is 2. The van der Waals surface area contributed by atoms with Crippen LogP contribution in [0.25, 0.3) is 15.9 Å². The summed E-state index contributed by atoms with van der Waals surface area (Å²) in [6, 6.07) is 5.68. The van der Waals surface area contributed by atoms with Crippen molar-refractivity contribution in [3.63, 3.8) is 0 Å². The molecule has 1 aromatic carbocycles. The number of fused-ring (bicyclic) bond motifs is 1. The van der Waals surface area contributed by atoms with Crippen LogP contribution in [0.5, 0.6) is 0 Å². The predicted molar refractivity (Wildman–Crippen MR) is 79.1 cm³/mol. The van der Waals surface area contributed by atoms with Gasteiger partial charge in [-0.1, -0.05) is 0 Å². The Kier molecular flexibility index (Phi) is 3.02. The lowest BCUT2D eigenvalue weighted by Crippen LogP contribution is -2.22. The molecule has 0 N–H and O–H groups in total. The van der Waals surface area contributed by atoms with Crippen LogP contribution in [0.4, 0.5) is 5.69 Å². The molecule has 0 aliphatic rings. The van der Waals surface area contributed by atoms with Gasteiger partial charge in [0.15, 0.2) is 5.52 Å². The van der Waals surface area contributed by atoms with E-state index in [4.69, 9.17) is 0 Å². The van der Waals surface area contributed by atoms with Crippen molar-refractivity contribution in [3.05, 3.63) is 55.4 Å². The number of aromatic nitrogens is 3. The van der Waals surface area contributed by atoms with Gasteiger partial charge in [-0.25, -0.2) is 4.98 Å². The number of non-ortho nitro benzene ring substituents is 1. The Morgan fingerprint density at radius 3 is 2.52 bits per heavy atom. The van der Waals surface area contributed by atoms with Crippen LogP contribution in [0.3, 0.4) is 0 Å². The van der Waals surface area contributed by atoms with Crippen molar-refractivity contribution in [3.8, 4) is 5.69 Å². The molecule has 106 valence electrons. The van der Waals surface area contributed by atoms with Gasteiger partial charge in [-0.15, -0.1) is 11.3 Å². The first-order valence-corrected chi connectivity index (χ1v) is 6.91. The number of hydrogen-bond acceptors (Lipinski definition) is 6. The Morgan fingerprint density at radius 2 is 1.90 bits per heavy atom. The van der Waals surface area contributed by atoms with Gasteiger partial charge in [0, 0.05) is 12.1 Å². The topological polar surface area (TPSA) is 90.9 Å². The largest absolute Gasteiger partial charge is 0.298 e. The highest BCUT2D eigenvalue weighted by atomic mass is 32.1. The van der Waals surface area contributed by atoms with Gasteiger partial charge in [-0.2, -0.15) is 9.78 Å². The molecule has 0 aliphatic heterocycles. The third kappa shape index (κ3) is 2.19. The summed E-state index contributed by atoms with van der Waals surface area (Å²) in [6.45, 7) is 3.64. The number of hydrogen-bond donors (Lipinski definition) is 0. The first-order chi connectivity index (χ1) is 9.97. The molecule has 0 bridgehead atoms. The van der Waals surface area contributed by atoms with Crippen LogP contribution >= 0.6 is 11.3 Å². The molecule has 0 spiro atoms. The number of thiazole rings is 1.